The zero-order valence-electron chi connectivity index (χ0n) is 13.3. The fraction of sp³-hybridized carbons (Fsp3) is 0.556. The summed E-state index contributed by atoms with van der Waals surface area (Å²) in [5, 5.41) is 3.15. The SMILES string of the molecule is CC(C)C(C(=O)NC1CCCC1)N1Cc2ccccc2C1=O. The lowest BCUT2D eigenvalue weighted by atomic mass is 10.0. The smallest absolute Gasteiger partial charge is 0.255 e. The first-order valence-corrected chi connectivity index (χ1v) is 8.27. The molecule has 0 saturated heterocycles. The lowest BCUT2D eigenvalue weighted by Gasteiger charge is -2.31. The van der Waals surface area contributed by atoms with E-state index in [-0.39, 0.29) is 29.8 Å². The van der Waals surface area contributed by atoms with Gasteiger partial charge in [-0.25, -0.2) is 0 Å². The van der Waals surface area contributed by atoms with Crippen LogP contribution < -0.4 is 5.32 Å². The second kappa shape index (κ2) is 6.11. The van der Waals surface area contributed by atoms with Crippen molar-refractivity contribution in [3.05, 3.63) is 35.4 Å². The molecule has 118 valence electrons. The van der Waals surface area contributed by atoms with Crippen molar-refractivity contribution in [2.75, 3.05) is 0 Å². The monoisotopic (exact) mass is 300 g/mol. The van der Waals surface area contributed by atoms with Crippen LogP contribution in [0.3, 0.4) is 0 Å². The molecule has 1 aliphatic carbocycles. The first kappa shape index (κ1) is 15.1. The Morgan fingerprint density at radius 1 is 1.23 bits per heavy atom. The van der Waals surface area contributed by atoms with E-state index in [1.165, 1.54) is 12.8 Å². The summed E-state index contributed by atoms with van der Waals surface area (Å²) in [6.45, 7) is 4.56. The summed E-state index contributed by atoms with van der Waals surface area (Å²) in [4.78, 5) is 27.1. The van der Waals surface area contributed by atoms with E-state index in [1.807, 2.05) is 38.1 Å². The Morgan fingerprint density at radius 3 is 2.55 bits per heavy atom. The number of carbonyl (C=O) groups is 2. The van der Waals surface area contributed by atoms with Gasteiger partial charge in [-0.1, -0.05) is 44.9 Å². The zero-order valence-corrected chi connectivity index (χ0v) is 13.3. The second-order valence-electron chi connectivity index (χ2n) is 6.77. The summed E-state index contributed by atoms with van der Waals surface area (Å²) in [6, 6.07) is 7.54. The van der Waals surface area contributed by atoms with Crippen LogP contribution in [0.1, 0.15) is 55.5 Å². The summed E-state index contributed by atoms with van der Waals surface area (Å²) in [7, 11) is 0. The van der Waals surface area contributed by atoms with Gasteiger partial charge in [-0.2, -0.15) is 0 Å². The minimum Gasteiger partial charge on any atom is -0.352 e. The number of amides is 2. The van der Waals surface area contributed by atoms with Crippen LogP contribution in [0.5, 0.6) is 0 Å². The number of fused-ring (bicyclic) bond motifs is 1. The molecular formula is C18H24N2O2. The van der Waals surface area contributed by atoms with Gasteiger partial charge in [0.05, 0.1) is 0 Å². The fourth-order valence-electron chi connectivity index (χ4n) is 3.66. The molecular weight excluding hydrogens is 276 g/mol. The Hall–Kier alpha value is -1.84. The summed E-state index contributed by atoms with van der Waals surface area (Å²) in [6.07, 6.45) is 4.49. The normalized spacial score (nSPS) is 19.6. The lowest BCUT2D eigenvalue weighted by molar-refractivity contribution is -0.127. The van der Waals surface area contributed by atoms with Crippen molar-refractivity contribution >= 4 is 11.8 Å². The van der Waals surface area contributed by atoms with Crippen molar-refractivity contribution in [3.63, 3.8) is 0 Å². The average molecular weight is 300 g/mol. The van der Waals surface area contributed by atoms with Crippen LogP contribution in [0.25, 0.3) is 0 Å². The number of hydrogen-bond acceptors (Lipinski definition) is 2. The number of hydrogen-bond donors (Lipinski definition) is 1. The highest BCUT2D eigenvalue weighted by molar-refractivity contribution is 6.01. The predicted octanol–water partition coefficient (Wildman–Crippen LogP) is 2.73. The largest absolute Gasteiger partial charge is 0.352 e. The number of carbonyl (C=O) groups excluding carboxylic acids is 2. The molecule has 0 aromatic heterocycles. The molecule has 1 fully saturated rings. The van der Waals surface area contributed by atoms with Gasteiger partial charge in [0.15, 0.2) is 0 Å². The maximum Gasteiger partial charge on any atom is 0.255 e. The van der Waals surface area contributed by atoms with Crippen LogP contribution in [0.15, 0.2) is 24.3 Å². The van der Waals surface area contributed by atoms with E-state index < -0.39 is 0 Å². The molecule has 4 nitrogen and oxygen atoms in total. The first-order valence-electron chi connectivity index (χ1n) is 8.27. The zero-order chi connectivity index (χ0) is 15.7. The van der Waals surface area contributed by atoms with Crippen molar-refractivity contribution in [2.24, 2.45) is 5.92 Å². The Morgan fingerprint density at radius 2 is 1.91 bits per heavy atom. The third-order valence-electron chi connectivity index (χ3n) is 4.79. The number of rotatable bonds is 4. The van der Waals surface area contributed by atoms with E-state index in [1.54, 1.807) is 4.90 Å². The minimum absolute atomic E-state index is 0.00283. The third kappa shape index (κ3) is 2.74. The molecule has 1 N–H and O–H groups in total. The summed E-state index contributed by atoms with van der Waals surface area (Å²) >= 11 is 0. The van der Waals surface area contributed by atoms with Gasteiger partial charge in [0.2, 0.25) is 5.91 Å². The molecule has 2 aliphatic rings. The van der Waals surface area contributed by atoms with Crippen LogP contribution in [0.4, 0.5) is 0 Å². The van der Waals surface area contributed by atoms with E-state index >= 15 is 0 Å². The quantitative estimate of drug-likeness (QED) is 0.929. The van der Waals surface area contributed by atoms with Crippen molar-refractivity contribution in [1.82, 2.24) is 10.2 Å². The molecule has 3 rings (SSSR count). The summed E-state index contributed by atoms with van der Waals surface area (Å²) in [5.74, 6) is 0.0820. The van der Waals surface area contributed by atoms with Crippen molar-refractivity contribution in [1.29, 1.82) is 0 Å². The molecule has 1 aromatic carbocycles. The van der Waals surface area contributed by atoms with Gasteiger partial charge in [0.1, 0.15) is 6.04 Å². The molecule has 2 amide bonds. The maximum atomic E-state index is 12.7. The van der Waals surface area contributed by atoms with E-state index in [2.05, 4.69) is 5.32 Å². The number of nitrogens with one attached hydrogen (secondary N) is 1. The van der Waals surface area contributed by atoms with Gasteiger partial charge >= 0.3 is 0 Å². The molecule has 1 aliphatic heterocycles. The van der Waals surface area contributed by atoms with Crippen molar-refractivity contribution in [3.8, 4) is 0 Å². The van der Waals surface area contributed by atoms with Gasteiger partial charge in [0, 0.05) is 18.2 Å². The average Bonchev–Trinajstić information content (AvgIpc) is 3.09. The highest BCUT2D eigenvalue weighted by Gasteiger charge is 2.38. The fourth-order valence-corrected chi connectivity index (χ4v) is 3.66. The molecule has 1 unspecified atom stereocenters. The van der Waals surface area contributed by atoms with Gasteiger partial charge in [0.25, 0.3) is 5.91 Å². The third-order valence-corrected chi connectivity index (χ3v) is 4.79. The Balaban J connectivity index is 1.77. The van der Waals surface area contributed by atoms with Gasteiger partial charge < -0.3 is 10.2 Å². The van der Waals surface area contributed by atoms with E-state index in [9.17, 15) is 9.59 Å². The van der Waals surface area contributed by atoms with Crippen LogP contribution in [0.2, 0.25) is 0 Å². The highest BCUT2D eigenvalue weighted by Crippen LogP contribution is 2.27. The van der Waals surface area contributed by atoms with Crippen LogP contribution in [0, 0.1) is 5.92 Å². The van der Waals surface area contributed by atoms with Gasteiger partial charge in [-0.3, -0.25) is 9.59 Å². The maximum absolute atomic E-state index is 12.7. The van der Waals surface area contributed by atoms with Crippen LogP contribution in [-0.4, -0.2) is 28.8 Å². The van der Waals surface area contributed by atoms with Gasteiger partial charge in [-0.15, -0.1) is 0 Å². The molecule has 22 heavy (non-hydrogen) atoms. The standard InChI is InChI=1S/C18H24N2O2/c1-12(2)16(17(21)19-14-8-4-5-9-14)20-11-13-7-3-6-10-15(13)18(20)22/h3,6-7,10,12,14,16H,4-5,8-9,11H2,1-2H3,(H,19,21). The number of benzene rings is 1. The molecule has 0 radical (unpaired) electrons. The van der Waals surface area contributed by atoms with Gasteiger partial charge in [-0.05, 0) is 30.4 Å². The highest BCUT2D eigenvalue weighted by atomic mass is 16.2. The van der Waals surface area contributed by atoms with E-state index in [0.717, 1.165) is 24.0 Å². The molecule has 1 heterocycles. The molecule has 0 bridgehead atoms. The van der Waals surface area contributed by atoms with Crippen LogP contribution in [-0.2, 0) is 11.3 Å². The molecule has 1 aromatic rings. The predicted molar refractivity (Wildman–Crippen MR) is 85.3 cm³/mol. The van der Waals surface area contributed by atoms with Crippen LogP contribution >= 0.6 is 0 Å². The summed E-state index contributed by atoms with van der Waals surface area (Å²) < 4.78 is 0. The minimum atomic E-state index is -0.388. The molecule has 0 spiro atoms. The first-order chi connectivity index (χ1) is 10.6. The molecule has 1 atom stereocenters. The van der Waals surface area contributed by atoms with Crippen molar-refractivity contribution < 1.29 is 9.59 Å². The number of nitrogens with zero attached hydrogens (tertiary/aromatic N) is 1. The topological polar surface area (TPSA) is 49.4 Å². The second-order valence-corrected chi connectivity index (χ2v) is 6.77. The Labute approximate surface area is 131 Å². The summed E-state index contributed by atoms with van der Waals surface area (Å²) in [5.41, 5.74) is 1.76. The Bertz CT molecular complexity index is 576. The van der Waals surface area contributed by atoms with E-state index in [4.69, 9.17) is 0 Å². The van der Waals surface area contributed by atoms with Crippen molar-refractivity contribution in [2.45, 2.75) is 58.2 Å². The van der Waals surface area contributed by atoms with E-state index in [0.29, 0.717) is 6.54 Å². The molecule has 4 heteroatoms. The Kier molecular flexibility index (Phi) is 4.19. The lowest BCUT2D eigenvalue weighted by Crippen LogP contribution is -2.51. The molecule has 1 saturated carbocycles.